The molecule has 0 amide bonds. The van der Waals surface area contributed by atoms with Crippen molar-refractivity contribution in [2.75, 3.05) is 0 Å². The number of hydrogen-bond acceptors (Lipinski definition) is 5. The van der Waals surface area contributed by atoms with Crippen molar-refractivity contribution in [2.24, 2.45) is 14.1 Å². The van der Waals surface area contributed by atoms with Crippen LogP contribution in [0.15, 0.2) is 63.7 Å². The minimum atomic E-state index is -4.11. The molecule has 0 aliphatic heterocycles. The molecule has 1 atom stereocenters. The fourth-order valence-corrected chi connectivity index (χ4v) is 4.06. The van der Waals surface area contributed by atoms with E-state index in [1.54, 1.807) is 37.8 Å². The first-order chi connectivity index (χ1) is 12.7. The number of nitrogens with zero attached hydrogens (tertiary/aromatic N) is 4. The number of nitrogens with one attached hydrogen (secondary N) is 1. The summed E-state index contributed by atoms with van der Waals surface area (Å²) in [6, 6.07) is 6.69. The number of benzene rings is 1. The van der Waals surface area contributed by atoms with Crippen LogP contribution in [0.4, 0.5) is 0 Å². The summed E-state index contributed by atoms with van der Waals surface area (Å²) in [5.74, 6) is 0. The molecular weight excluding hydrogens is 370 g/mol. The molecule has 0 aliphatic rings. The molecule has 0 spiro atoms. The van der Waals surface area contributed by atoms with Crippen LogP contribution in [0.25, 0.3) is 5.69 Å². The second-order valence-corrected chi connectivity index (χ2v) is 7.84. The SMILES string of the molecule is C[C@@H](NS(=O)(=O)c1cn(C)c(=O)n(C)c1=O)c1ccc(-n2ccnc2)cc1. The smallest absolute Gasteiger partial charge is 0.306 e. The largest absolute Gasteiger partial charge is 0.330 e. The minimum absolute atomic E-state index is 0.478. The third kappa shape index (κ3) is 3.62. The Hall–Kier alpha value is -2.98. The van der Waals surface area contributed by atoms with Gasteiger partial charge in [-0.1, -0.05) is 12.1 Å². The summed E-state index contributed by atoms with van der Waals surface area (Å²) in [6.07, 6.45) is 6.16. The van der Waals surface area contributed by atoms with Crippen LogP contribution < -0.4 is 16.0 Å². The lowest BCUT2D eigenvalue weighted by atomic mass is 10.1. The average molecular weight is 389 g/mol. The number of imidazole rings is 1. The quantitative estimate of drug-likeness (QED) is 0.676. The van der Waals surface area contributed by atoms with Crippen LogP contribution in [-0.4, -0.2) is 27.1 Å². The van der Waals surface area contributed by atoms with Gasteiger partial charge in [-0.25, -0.2) is 22.9 Å². The van der Waals surface area contributed by atoms with E-state index in [4.69, 9.17) is 0 Å². The zero-order chi connectivity index (χ0) is 19.8. The Morgan fingerprint density at radius 3 is 2.37 bits per heavy atom. The average Bonchev–Trinajstić information content (AvgIpc) is 3.17. The first kappa shape index (κ1) is 18.8. The van der Waals surface area contributed by atoms with E-state index in [2.05, 4.69) is 9.71 Å². The van der Waals surface area contributed by atoms with Gasteiger partial charge in [0, 0.05) is 44.4 Å². The van der Waals surface area contributed by atoms with Gasteiger partial charge in [-0.3, -0.25) is 9.36 Å². The van der Waals surface area contributed by atoms with Crippen molar-refractivity contribution in [1.29, 1.82) is 0 Å². The lowest BCUT2D eigenvalue weighted by molar-refractivity contribution is 0.557. The fraction of sp³-hybridized carbons (Fsp3) is 0.235. The molecule has 0 radical (unpaired) electrons. The zero-order valence-electron chi connectivity index (χ0n) is 15.0. The van der Waals surface area contributed by atoms with E-state index in [0.717, 1.165) is 26.6 Å². The monoisotopic (exact) mass is 389 g/mol. The van der Waals surface area contributed by atoms with E-state index in [1.165, 1.54) is 14.1 Å². The third-order valence-electron chi connectivity index (χ3n) is 4.23. The first-order valence-corrected chi connectivity index (χ1v) is 9.56. The molecule has 142 valence electrons. The molecule has 0 fully saturated rings. The summed E-state index contributed by atoms with van der Waals surface area (Å²) < 4.78 is 31.4. The molecule has 9 nitrogen and oxygen atoms in total. The minimum Gasteiger partial charge on any atom is -0.306 e. The highest BCUT2D eigenvalue weighted by Gasteiger charge is 2.24. The molecule has 0 bridgehead atoms. The lowest BCUT2D eigenvalue weighted by Gasteiger charge is -2.16. The molecule has 1 N–H and O–H groups in total. The van der Waals surface area contributed by atoms with Crippen LogP contribution in [0.3, 0.4) is 0 Å². The molecule has 0 saturated heterocycles. The van der Waals surface area contributed by atoms with Crippen LogP contribution in [0.5, 0.6) is 0 Å². The van der Waals surface area contributed by atoms with Gasteiger partial charge in [0.05, 0.1) is 6.33 Å². The highest BCUT2D eigenvalue weighted by Crippen LogP contribution is 2.17. The van der Waals surface area contributed by atoms with Crippen LogP contribution in [0.1, 0.15) is 18.5 Å². The topological polar surface area (TPSA) is 108 Å². The second-order valence-electron chi connectivity index (χ2n) is 6.16. The third-order valence-corrected chi connectivity index (χ3v) is 5.75. The standard InChI is InChI=1S/C17H19N5O4S/c1-12(13-4-6-14(7-5-13)22-9-8-18-11-22)19-27(25,26)15-10-20(2)17(24)21(3)16(15)23/h4-12,19H,1-3H3/t12-/m1/s1. The van der Waals surface area contributed by atoms with Crippen molar-refractivity contribution in [3.8, 4) is 5.69 Å². The lowest BCUT2D eigenvalue weighted by Crippen LogP contribution is -2.41. The maximum absolute atomic E-state index is 12.7. The molecule has 0 unspecified atom stereocenters. The summed E-state index contributed by atoms with van der Waals surface area (Å²) in [6.45, 7) is 1.68. The van der Waals surface area contributed by atoms with Crippen molar-refractivity contribution >= 4 is 10.0 Å². The van der Waals surface area contributed by atoms with E-state index < -0.39 is 32.2 Å². The number of hydrogen-bond donors (Lipinski definition) is 1. The molecule has 3 aromatic rings. The zero-order valence-corrected chi connectivity index (χ0v) is 15.8. The molecule has 0 saturated carbocycles. The van der Waals surface area contributed by atoms with Crippen molar-refractivity contribution < 1.29 is 8.42 Å². The predicted molar refractivity (Wildman–Crippen MR) is 99.2 cm³/mol. The van der Waals surface area contributed by atoms with Gasteiger partial charge in [-0.2, -0.15) is 0 Å². The highest BCUT2D eigenvalue weighted by atomic mass is 32.2. The molecular formula is C17H19N5O4S. The van der Waals surface area contributed by atoms with Crippen molar-refractivity contribution in [3.63, 3.8) is 0 Å². The van der Waals surface area contributed by atoms with Gasteiger partial charge in [0.1, 0.15) is 0 Å². The summed E-state index contributed by atoms with van der Waals surface area (Å²) in [5, 5.41) is 0. The van der Waals surface area contributed by atoms with Crippen molar-refractivity contribution in [1.82, 2.24) is 23.4 Å². The Kier molecular flexibility index (Phi) is 4.85. The summed E-state index contributed by atoms with van der Waals surface area (Å²) in [4.78, 5) is 27.5. The van der Waals surface area contributed by atoms with Crippen molar-refractivity contribution in [3.05, 3.63) is 75.6 Å². The Morgan fingerprint density at radius 1 is 1.11 bits per heavy atom. The highest BCUT2D eigenvalue weighted by molar-refractivity contribution is 7.89. The van der Waals surface area contributed by atoms with E-state index in [9.17, 15) is 18.0 Å². The van der Waals surface area contributed by atoms with Gasteiger partial charge in [-0.05, 0) is 24.6 Å². The Morgan fingerprint density at radius 2 is 1.78 bits per heavy atom. The summed E-state index contributed by atoms with van der Waals surface area (Å²) >= 11 is 0. The van der Waals surface area contributed by atoms with Crippen LogP contribution >= 0.6 is 0 Å². The Labute approximate surface area is 155 Å². The Balaban J connectivity index is 1.88. The van der Waals surface area contributed by atoms with Gasteiger partial charge in [0.25, 0.3) is 5.56 Å². The molecule has 1 aromatic carbocycles. The molecule has 10 heteroatoms. The molecule has 27 heavy (non-hydrogen) atoms. The van der Waals surface area contributed by atoms with Gasteiger partial charge >= 0.3 is 5.69 Å². The van der Waals surface area contributed by atoms with Gasteiger partial charge in [-0.15, -0.1) is 0 Å². The van der Waals surface area contributed by atoms with E-state index in [1.807, 2.05) is 16.7 Å². The molecule has 0 aliphatic carbocycles. The van der Waals surface area contributed by atoms with Gasteiger partial charge in [0.15, 0.2) is 4.90 Å². The van der Waals surface area contributed by atoms with E-state index in [0.29, 0.717) is 0 Å². The predicted octanol–water partition coefficient (Wildman–Crippen LogP) is 0.309. The normalized spacial score (nSPS) is 12.9. The van der Waals surface area contributed by atoms with E-state index in [-0.39, 0.29) is 0 Å². The van der Waals surface area contributed by atoms with Gasteiger partial charge in [0.2, 0.25) is 10.0 Å². The number of aryl methyl sites for hydroxylation is 1. The summed E-state index contributed by atoms with van der Waals surface area (Å²) in [7, 11) is -1.49. The summed E-state index contributed by atoms with van der Waals surface area (Å²) in [5.41, 5.74) is 0.151. The fourth-order valence-electron chi connectivity index (χ4n) is 2.67. The number of aromatic nitrogens is 4. The Bertz CT molecular complexity index is 1180. The van der Waals surface area contributed by atoms with Crippen molar-refractivity contribution in [2.45, 2.75) is 17.9 Å². The van der Waals surface area contributed by atoms with Gasteiger partial charge < -0.3 is 9.13 Å². The maximum atomic E-state index is 12.7. The first-order valence-electron chi connectivity index (χ1n) is 8.08. The van der Waals surface area contributed by atoms with E-state index >= 15 is 0 Å². The maximum Gasteiger partial charge on any atom is 0.330 e. The van der Waals surface area contributed by atoms with Crippen LogP contribution in [0, 0.1) is 0 Å². The number of rotatable bonds is 5. The molecule has 2 aromatic heterocycles. The van der Waals surface area contributed by atoms with Crippen LogP contribution in [-0.2, 0) is 24.1 Å². The number of sulfonamides is 1. The second kappa shape index (κ2) is 6.97. The molecule has 3 rings (SSSR count). The van der Waals surface area contributed by atoms with Crippen LogP contribution in [0.2, 0.25) is 0 Å². The molecule has 2 heterocycles.